The number of aromatic carboxylic acids is 1. The van der Waals surface area contributed by atoms with E-state index in [0.717, 1.165) is 5.69 Å². The molecule has 0 bridgehead atoms. The lowest BCUT2D eigenvalue weighted by molar-refractivity contribution is 0.0686. The average Bonchev–Trinajstić information content (AvgIpc) is 2.77. The summed E-state index contributed by atoms with van der Waals surface area (Å²) < 4.78 is 5.04. The molecule has 0 saturated carbocycles. The molecule has 0 spiro atoms. The van der Waals surface area contributed by atoms with Gasteiger partial charge in [-0.2, -0.15) is 0 Å². The van der Waals surface area contributed by atoms with Gasteiger partial charge in [0.2, 0.25) is 0 Å². The first-order chi connectivity index (χ1) is 8.50. The number of carboxylic acids is 1. The molecular formula is C12H11ClN2O3. The van der Waals surface area contributed by atoms with E-state index in [1.54, 1.807) is 6.07 Å². The van der Waals surface area contributed by atoms with Gasteiger partial charge in [-0.15, -0.1) is 0 Å². The van der Waals surface area contributed by atoms with Crippen LogP contribution in [0, 0.1) is 0 Å². The summed E-state index contributed by atoms with van der Waals surface area (Å²) in [4.78, 5) is 12.6. The van der Waals surface area contributed by atoms with Gasteiger partial charge in [0, 0.05) is 25.8 Å². The summed E-state index contributed by atoms with van der Waals surface area (Å²) in [5.41, 5.74) is 1.31. The van der Waals surface area contributed by atoms with Gasteiger partial charge in [0.1, 0.15) is 0 Å². The second-order valence-corrected chi connectivity index (χ2v) is 4.32. The minimum Gasteiger partial charge on any atom is -0.476 e. The fourth-order valence-electron chi connectivity index (χ4n) is 1.62. The maximum absolute atomic E-state index is 10.8. The molecule has 1 aromatic heterocycles. The lowest BCUT2D eigenvalue weighted by atomic mass is 10.1. The Kier molecular flexibility index (Phi) is 3.25. The molecular weight excluding hydrogens is 256 g/mol. The number of hydrogen-bond acceptors (Lipinski definition) is 4. The Morgan fingerprint density at radius 1 is 1.44 bits per heavy atom. The summed E-state index contributed by atoms with van der Waals surface area (Å²) in [6.45, 7) is 0. The Hall–Kier alpha value is -2.01. The van der Waals surface area contributed by atoms with Crippen LogP contribution in [0.3, 0.4) is 0 Å². The van der Waals surface area contributed by atoms with Gasteiger partial charge >= 0.3 is 5.97 Å². The van der Waals surface area contributed by atoms with E-state index in [4.69, 9.17) is 21.2 Å². The number of anilines is 1. The number of nitrogens with zero attached hydrogens (tertiary/aromatic N) is 2. The van der Waals surface area contributed by atoms with Crippen LogP contribution in [-0.4, -0.2) is 30.3 Å². The van der Waals surface area contributed by atoms with Crippen molar-refractivity contribution in [3.63, 3.8) is 0 Å². The van der Waals surface area contributed by atoms with E-state index in [0.29, 0.717) is 16.3 Å². The SMILES string of the molecule is CN(C)c1cccc(Cl)c1-c1cc(C(=O)O)no1. The molecule has 0 aliphatic rings. The monoisotopic (exact) mass is 266 g/mol. The molecule has 0 unspecified atom stereocenters. The van der Waals surface area contributed by atoms with Gasteiger partial charge in [-0.1, -0.05) is 22.8 Å². The first-order valence-corrected chi connectivity index (χ1v) is 5.54. The lowest BCUT2D eigenvalue weighted by Crippen LogP contribution is -2.09. The molecule has 0 aliphatic carbocycles. The molecule has 1 aromatic carbocycles. The number of rotatable bonds is 3. The minimum atomic E-state index is -1.14. The molecule has 2 rings (SSSR count). The third-order valence-corrected chi connectivity index (χ3v) is 2.76. The summed E-state index contributed by atoms with van der Waals surface area (Å²) in [5.74, 6) is -0.801. The Labute approximate surface area is 109 Å². The average molecular weight is 267 g/mol. The molecule has 6 heteroatoms. The van der Waals surface area contributed by atoms with Crippen LogP contribution in [0.4, 0.5) is 5.69 Å². The van der Waals surface area contributed by atoms with Crippen molar-refractivity contribution in [1.82, 2.24) is 5.16 Å². The Morgan fingerprint density at radius 2 is 2.17 bits per heavy atom. The van der Waals surface area contributed by atoms with Crippen LogP contribution in [-0.2, 0) is 0 Å². The van der Waals surface area contributed by atoms with Crippen LogP contribution in [0.1, 0.15) is 10.5 Å². The number of carboxylic acid groups (broad SMARTS) is 1. The molecule has 0 radical (unpaired) electrons. The Bertz CT molecular complexity index is 593. The van der Waals surface area contributed by atoms with Crippen LogP contribution < -0.4 is 4.90 Å². The molecule has 0 fully saturated rings. The van der Waals surface area contributed by atoms with Crippen molar-refractivity contribution in [3.05, 3.63) is 35.0 Å². The highest BCUT2D eigenvalue weighted by atomic mass is 35.5. The zero-order valence-electron chi connectivity index (χ0n) is 9.85. The summed E-state index contributed by atoms with van der Waals surface area (Å²) >= 11 is 6.13. The molecule has 1 heterocycles. The highest BCUT2D eigenvalue weighted by Gasteiger charge is 2.18. The molecule has 94 valence electrons. The van der Waals surface area contributed by atoms with Crippen molar-refractivity contribution < 1.29 is 14.4 Å². The van der Waals surface area contributed by atoms with Crippen molar-refractivity contribution >= 4 is 23.3 Å². The molecule has 1 N–H and O–H groups in total. The van der Waals surface area contributed by atoms with Gasteiger partial charge in [0.05, 0.1) is 10.6 Å². The van der Waals surface area contributed by atoms with Crippen LogP contribution >= 0.6 is 11.6 Å². The van der Waals surface area contributed by atoms with Gasteiger partial charge in [0.25, 0.3) is 0 Å². The first-order valence-electron chi connectivity index (χ1n) is 5.17. The summed E-state index contributed by atoms with van der Waals surface area (Å²) in [6, 6.07) is 6.75. The third-order valence-electron chi connectivity index (χ3n) is 2.45. The van der Waals surface area contributed by atoms with E-state index in [9.17, 15) is 4.79 Å². The van der Waals surface area contributed by atoms with E-state index >= 15 is 0 Å². The molecule has 0 atom stereocenters. The van der Waals surface area contributed by atoms with E-state index < -0.39 is 5.97 Å². The number of benzene rings is 1. The van der Waals surface area contributed by atoms with Gasteiger partial charge in [-0.05, 0) is 12.1 Å². The fourth-order valence-corrected chi connectivity index (χ4v) is 1.89. The minimum absolute atomic E-state index is 0.144. The number of aromatic nitrogens is 1. The fraction of sp³-hybridized carbons (Fsp3) is 0.167. The summed E-state index contributed by atoms with van der Waals surface area (Å²) in [7, 11) is 3.73. The predicted octanol–water partition coefficient (Wildman–Crippen LogP) is 2.76. The smallest absolute Gasteiger partial charge is 0.358 e. The Morgan fingerprint density at radius 3 is 2.72 bits per heavy atom. The largest absolute Gasteiger partial charge is 0.476 e. The van der Waals surface area contributed by atoms with Crippen molar-refractivity contribution in [1.29, 1.82) is 0 Å². The lowest BCUT2D eigenvalue weighted by Gasteiger charge is -2.16. The van der Waals surface area contributed by atoms with Crippen LogP contribution in [0.15, 0.2) is 28.8 Å². The van der Waals surface area contributed by atoms with Gasteiger partial charge in [-0.3, -0.25) is 0 Å². The molecule has 0 aliphatic heterocycles. The maximum atomic E-state index is 10.8. The van der Waals surface area contributed by atoms with E-state index in [1.807, 2.05) is 31.1 Å². The highest BCUT2D eigenvalue weighted by molar-refractivity contribution is 6.34. The van der Waals surface area contributed by atoms with Crippen LogP contribution in [0.25, 0.3) is 11.3 Å². The van der Waals surface area contributed by atoms with Gasteiger partial charge in [-0.25, -0.2) is 4.79 Å². The zero-order valence-corrected chi connectivity index (χ0v) is 10.6. The zero-order chi connectivity index (χ0) is 13.3. The topological polar surface area (TPSA) is 66.6 Å². The number of carbonyl (C=O) groups is 1. The van der Waals surface area contributed by atoms with Crippen LogP contribution in [0.2, 0.25) is 5.02 Å². The van der Waals surface area contributed by atoms with Gasteiger partial charge in [0.15, 0.2) is 11.5 Å². The predicted molar refractivity (Wildman–Crippen MR) is 68.2 cm³/mol. The van der Waals surface area contributed by atoms with Crippen LogP contribution in [0.5, 0.6) is 0 Å². The molecule has 2 aromatic rings. The highest BCUT2D eigenvalue weighted by Crippen LogP contribution is 2.36. The van der Waals surface area contributed by atoms with E-state index in [1.165, 1.54) is 6.07 Å². The second kappa shape index (κ2) is 4.70. The summed E-state index contributed by atoms with van der Waals surface area (Å²) in [5, 5.41) is 12.8. The van der Waals surface area contributed by atoms with E-state index in [2.05, 4.69) is 5.16 Å². The molecule has 18 heavy (non-hydrogen) atoms. The van der Waals surface area contributed by atoms with E-state index in [-0.39, 0.29) is 5.69 Å². The summed E-state index contributed by atoms with van der Waals surface area (Å²) in [6.07, 6.45) is 0. The van der Waals surface area contributed by atoms with Crippen molar-refractivity contribution in [2.24, 2.45) is 0 Å². The molecule has 0 amide bonds. The number of halogens is 1. The molecule has 5 nitrogen and oxygen atoms in total. The second-order valence-electron chi connectivity index (χ2n) is 3.91. The molecule has 0 saturated heterocycles. The quantitative estimate of drug-likeness (QED) is 0.925. The van der Waals surface area contributed by atoms with Crippen molar-refractivity contribution in [3.8, 4) is 11.3 Å². The Balaban J connectivity index is 2.58. The first kappa shape index (κ1) is 12.4. The normalized spacial score (nSPS) is 10.4. The standard InChI is InChI=1S/C12H11ClN2O3/c1-15(2)9-5-3-4-7(13)11(9)10-6-8(12(16)17)14-18-10/h3-6H,1-2H3,(H,16,17). The van der Waals surface area contributed by atoms with Crippen molar-refractivity contribution in [2.45, 2.75) is 0 Å². The third kappa shape index (κ3) is 2.17. The number of hydrogen-bond donors (Lipinski definition) is 1. The van der Waals surface area contributed by atoms with Crippen molar-refractivity contribution in [2.75, 3.05) is 19.0 Å². The van der Waals surface area contributed by atoms with Gasteiger partial charge < -0.3 is 14.5 Å². The maximum Gasteiger partial charge on any atom is 0.358 e.